The van der Waals surface area contributed by atoms with Gasteiger partial charge < -0.3 is 5.73 Å². The second-order valence-electron chi connectivity index (χ2n) is 4.04. The van der Waals surface area contributed by atoms with Crippen molar-refractivity contribution in [1.82, 2.24) is 0 Å². The molecule has 92 valence electrons. The van der Waals surface area contributed by atoms with Gasteiger partial charge in [0.05, 0.1) is 5.56 Å². The van der Waals surface area contributed by atoms with E-state index >= 15 is 0 Å². The molecule has 18 heavy (non-hydrogen) atoms. The van der Waals surface area contributed by atoms with Crippen LogP contribution in [-0.2, 0) is 0 Å². The third-order valence-corrected chi connectivity index (χ3v) is 3.12. The van der Waals surface area contributed by atoms with Crippen LogP contribution in [0.3, 0.4) is 0 Å². The van der Waals surface area contributed by atoms with Crippen LogP contribution < -0.4 is 5.73 Å². The molecule has 0 aliphatic rings. The van der Waals surface area contributed by atoms with Gasteiger partial charge in [0.25, 0.3) is 0 Å². The Morgan fingerprint density at radius 1 is 1.17 bits per heavy atom. The molecular formula is C14H11BrFNO. The van der Waals surface area contributed by atoms with Gasteiger partial charge in [-0.25, -0.2) is 4.39 Å². The molecule has 0 aliphatic heterocycles. The zero-order chi connectivity index (χ0) is 13.3. The molecule has 2 aromatic carbocycles. The average Bonchev–Trinajstić information content (AvgIpc) is 2.34. The Morgan fingerprint density at radius 2 is 1.89 bits per heavy atom. The highest BCUT2D eigenvalue weighted by molar-refractivity contribution is 9.10. The number of anilines is 1. The van der Waals surface area contributed by atoms with Gasteiger partial charge in [0.1, 0.15) is 5.82 Å². The summed E-state index contributed by atoms with van der Waals surface area (Å²) in [5.41, 5.74) is 7.36. The minimum atomic E-state index is -0.552. The lowest BCUT2D eigenvalue weighted by molar-refractivity contribution is 0.103. The van der Waals surface area contributed by atoms with E-state index in [0.29, 0.717) is 15.7 Å². The quantitative estimate of drug-likeness (QED) is 0.679. The molecule has 0 aliphatic carbocycles. The number of carbonyl (C=O) groups excluding carboxylic acids is 1. The summed E-state index contributed by atoms with van der Waals surface area (Å²) in [5.74, 6) is -0.959. The lowest BCUT2D eigenvalue weighted by atomic mass is 9.99. The molecule has 0 fully saturated rings. The highest BCUT2D eigenvalue weighted by Gasteiger charge is 2.16. The van der Waals surface area contributed by atoms with E-state index in [4.69, 9.17) is 5.73 Å². The lowest BCUT2D eigenvalue weighted by Gasteiger charge is -2.07. The van der Waals surface area contributed by atoms with Crippen LogP contribution in [0, 0.1) is 12.7 Å². The van der Waals surface area contributed by atoms with Crippen LogP contribution in [0.25, 0.3) is 0 Å². The van der Waals surface area contributed by atoms with Gasteiger partial charge in [-0.05, 0) is 37.3 Å². The van der Waals surface area contributed by atoms with Crippen LogP contribution in [0.4, 0.5) is 10.1 Å². The van der Waals surface area contributed by atoms with Crippen LogP contribution >= 0.6 is 15.9 Å². The number of rotatable bonds is 2. The van der Waals surface area contributed by atoms with Crippen LogP contribution in [-0.4, -0.2) is 5.78 Å². The van der Waals surface area contributed by atoms with Crippen LogP contribution in [0.15, 0.2) is 40.9 Å². The number of hydrogen-bond donors (Lipinski definition) is 1. The largest absolute Gasteiger partial charge is 0.398 e. The van der Waals surface area contributed by atoms with Crippen molar-refractivity contribution in [1.29, 1.82) is 0 Å². The number of nitrogen functional groups attached to an aromatic ring is 1. The molecule has 0 heterocycles. The number of aryl methyl sites for hydroxylation is 1. The van der Waals surface area contributed by atoms with E-state index in [2.05, 4.69) is 15.9 Å². The molecule has 0 saturated carbocycles. The Kier molecular flexibility index (Phi) is 3.48. The summed E-state index contributed by atoms with van der Waals surface area (Å²) >= 11 is 3.22. The van der Waals surface area contributed by atoms with Gasteiger partial charge in [0.2, 0.25) is 0 Å². The van der Waals surface area contributed by atoms with Crippen molar-refractivity contribution in [3.05, 3.63) is 63.4 Å². The standard InChI is InChI=1S/C14H11BrFNO/c1-8-2-5-13(17)11(6-8)14(18)10-7-9(15)3-4-12(10)16/h2-7H,17H2,1H3. The summed E-state index contributed by atoms with van der Waals surface area (Å²) in [6.07, 6.45) is 0. The maximum atomic E-state index is 13.7. The topological polar surface area (TPSA) is 43.1 Å². The van der Waals surface area contributed by atoms with Gasteiger partial charge in [0, 0.05) is 15.7 Å². The summed E-state index contributed by atoms with van der Waals surface area (Å²) in [6.45, 7) is 1.85. The third kappa shape index (κ3) is 2.43. The lowest BCUT2D eigenvalue weighted by Crippen LogP contribution is -2.08. The first kappa shape index (κ1) is 12.8. The fourth-order valence-corrected chi connectivity index (χ4v) is 2.04. The van der Waals surface area contributed by atoms with Gasteiger partial charge in [-0.15, -0.1) is 0 Å². The SMILES string of the molecule is Cc1ccc(N)c(C(=O)c2cc(Br)ccc2F)c1. The van der Waals surface area contributed by atoms with E-state index in [1.807, 2.05) is 13.0 Å². The van der Waals surface area contributed by atoms with Gasteiger partial charge in [-0.3, -0.25) is 4.79 Å². The number of benzene rings is 2. The van der Waals surface area contributed by atoms with E-state index in [1.165, 1.54) is 12.1 Å². The minimum absolute atomic E-state index is 0.0154. The van der Waals surface area contributed by atoms with E-state index < -0.39 is 11.6 Å². The molecule has 0 spiro atoms. The molecule has 2 N–H and O–H groups in total. The zero-order valence-electron chi connectivity index (χ0n) is 9.71. The summed E-state index contributed by atoms with van der Waals surface area (Å²) in [4.78, 5) is 12.3. The van der Waals surface area contributed by atoms with Gasteiger partial charge in [-0.1, -0.05) is 27.6 Å². The van der Waals surface area contributed by atoms with Crippen molar-refractivity contribution >= 4 is 27.4 Å². The first-order valence-corrected chi connectivity index (χ1v) is 6.14. The number of nitrogens with two attached hydrogens (primary N) is 1. The second-order valence-corrected chi connectivity index (χ2v) is 4.96. The Bertz CT molecular complexity index is 572. The van der Waals surface area contributed by atoms with E-state index in [0.717, 1.165) is 5.56 Å². The fraction of sp³-hybridized carbons (Fsp3) is 0.0714. The van der Waals surface area contributed by atoms with Crippen molar-refractivity contribution in [3.63, 3.8) is 0 Å². The number of carbonyl (C=O) groups is 1. The molecule has 2 rings (SSSR count). The smallest absolute Gasteiger partial charge is 0.198 e. The Balaban J connectivity index is 2.54. The average molecular weight is 308 g/mol. The summed E-state index contributed by atoms with van der Waals surface area (Å²) < 4.78 is 14.3. The fourth-order valence-electron chi connectivity index (χ4n) is 1.68. The molecule has 4 heteroatoms. The molecule has 0 saturated heterocycles. The van der Waals surface area contributed by atoms with Crippen LogP contribution in [0.1, 0.15) is 21.5 Å². The van der Waals surface area contributed by atoms with Crippen LogP contribution in [0.2, 0.25) is 0 Å². The summed E-state index contributed by atoms with van der Waals surface area (Å²) in [7, 11) is 0. The van der Waals surface area contributed by atoms with Gasteiger partial charge in [0.15, 0.2) is 5.78 Å². The molecule has 0 atom stereocenters. The molecular weight excluding hydrogens is 297 g/mol. The Hall–Kier alpha value is -1.68. The van der Waals surface area contributed by atoms with Crippen molar-refractivity contribution in [3.8, 4) is 0 Å². The third-order valence-electron chi connectivity index (χ3n) is 2.63. The zero-order valence-corrected chi connectivity index (χ0v) is 11.3. The molecule has 0 amide bonds. The van der Waals surface area contributed by atoms with E-state index in [9.17, 15) is 9.18 Å². The van der Waals surface area contributed by atoms with Crippen molar-refractivity contribution < 1.29 is 9.18 Å². The second kappa shape index (κ2) is 4.90. The Labute approximate surface area is 113 Å². The highest BCUT2D eigenvalue weighted by atomic mass is 79.9. The van der Waals surface area contributed by atoms with Gasteiger partial charge in [-0.2, -0.15) is 0 Å². The Morgan fingerprint density at radius 3 is 2.61 bits per heavy atom. The minimum Gasteiger partial charge on any atom is -0.398 e. The molecule has 0 aromatic heterocycles. The predicted octanol–water partition coefficient (Wildman–Crippen LogP) is 3.71. The predicted molar refractivity (Wildman–Crippen MR) is 73.1 cm³/mol. The van der Waals surface area contributed by atoms with E-state index in [1.54, 1.807) is 18.2 Å². The monoisotopic (exact) mass is 307 g/mol. The van der Waals surface area contributed by atoms with Crippen molar-refractivity contribution in [2.75, 3.05) is 5.73 Å². The van der Waals surface area contributed by atoms with Crippen LogP contribution in [0.5, 0.6) is 0 Å². The maximum absolute atomic E-state index is 13.7. The number of ketones is 1. The van der Waals surface area contributed by atoms with Crippen molar-refractivity contribution in [2.45, 2.75) is 6.92 Å². The van der Waals surface area contributed by atoms with Crippen molar-refractivity contribution in [2.24, 2.45) is 0 Å². The molecule has 0 radical (unpaired) electrons. The highest BCUT2D eigenvalue weighted by Crippen LogP contribution is 2.22. The summed E-state index contributed by atoms with van der Waals surface area (Å²) in [6, 6.07) is 9.38. The summed E-state index contributed by atoms with van der Waals surface area (Å²) in [5, 5.41) is 0. The number of halogens is 2. The normalized spacial score (nSPS) is 10.4. The molecule has 2 nitrogen and oxygen atoms in total. The molecule has 0 unspecified atom stereocenters. The first-order valence-electron chi connectivity index (χ1n) is 5.35. The molecule has 0 bridgehead atoms. The number of hydrogen-bond acceptors (Lipinski definition) is 2. The first-order chi connectivity index (χ1) is 8.49. The van der Waals surface area contributed by atoms with E-state index in [-0.39, 0.29) is 5.56 Å². The maximum Gasteiger partial charge on any atom is 0.198 e. The molecule has 2 aromatic rings. The van der Waals surface area contributed by atoms with Gasteiger partial charge >= 0.3 is 0 Å².